The van der Waals surface area contributed by atoms with E-state index >= 15 is 0 Å². The predicted octanol–water partition coefficient (Wildman–Crippen LogP) is 1.53. The number of hydrogen-bond acceptors (Lipinski definition) is 4. The van der Waals surface area contributed by atoms with Gasteiger partial charge in [-0.15, -0.1) is 0 Å². The lowest BCUT2D eigenvalue weighted by Crippen LogP contribution is -2.19. The number of imidazole rings is 1. The van der Waals surface area contributed by atoms with Crippen LogP contribution in [0.5, 0.6) is 0 Å². The minimum atomic E-state index is -0.512. The second-order valence-corrected chi connectivity index (χ2v) is 5.45. The molecule has 3 aromatic rings. The minimum absolute atomic E-state index is 0.294. The van der Waals surface area contributed by atoms with E-state index < -0.39 is 5.91 Å². The fraction of sp³-hybridized carbons (Fsp3) is 0.250. The van der Waals surface area contributed by atoms with Crippen LogP contribution in [0.1, 0.15) is 34.2 Å². The number of benzene rings is 1. The number of carbonyl (C=O) groups is 2. The number of amides is 2. The van der Waals surface area contributed by atoms with Crippen LogP contribution >= 0.6 is 0 Å². The molecule has 2 amide bonds. The summed E-state index contributed by atoms with van der Waals surface area (Å²) in [6.07, 6.45) is 2.43. The van der Waals surface area contributed by atoms with Crippen LogP contribution in [-0.4, -0.2) is 31.1 Å². The lowest BCUT2D eigenvalue weighted by Gasteiger charge is -2.09. The van der Waals surface area contributed by atoms with Gasteiger partial charge in [0.05, 0.1) is 11.0 Å². The first-order chi connectivity index (χ1) is 11.5. The number of nitrogens with zero attached hydrogens (tertiary/aromatic N) is 4. The zero-order valence-electron chi connectivity index (χ0n) is 13.5. The topological polar surface area (TPSA) is 108 Å². The summed E-state index contributed by atoms with van der Waals surface area (Å²) >= 11 is 0. The fourth-order valence-electron chi connectivity index (χ4n) is 2.59. The summed E-state index contributed by atoms with van der Waals surface area (Å²) < 4.78 is 3.40. The first-order valence-corrected chi connectivity index (χ1v) is 7.60. The van der Waals surface area contributed by atoms with Crippen molar-refractivity contribution in [1.29, 1.82) is 0 Å². The normalized spacial score (nSPS) is 10.9. The molecule has 2 heterocycles. The highest BCUT2D eigenvalue weighted by Crippen LogP contribution is 2.22. The number of anilines is 1. The molecule has 8 heteroatoms. The average molecular weight is 326 g/mol. The van der Waals surface area contributed by atoms with Crippen molar-refractivity contribution in [3.05, 3.63) is 41.7 Å². The van der Waals surface area contributed by atoms with Crippen molar-refractivity contribution in [2.75, 3.05) is 5.32 Å². The summed E-state index contributed by atoms with van der Waals surface area (Å²) in [5.74, 6) is -0.375. The van der Waals surface area contributed by atoms with Gasteiger partial charge in [-0.25, -0.2) is 4.98 Å². The Morgan fingerprint density at radius 3 is 2.71 bits per heavy atom. The zero-order chi connectivity index (χ0) is 17.3. The summed E-state index contributed by atoms with van der Waals surface area (Å²) in [6.45, 7) is 2.73. The van der Waals surface area contributed by atoms with Crippen molar-refractivity contribution < 1.29 is 9.59 Å². The Kier molecular flexibility index (Phi) is 4.03. The molecule has 0 radical (unpaired) electrons. The van der Waals surface area contributed by atoms with Crippen molar-refractivity contribution in [1.82, 2.24) is 19.3 Å². The molecule has 24 heavy (non-hydrogen) atoms. The highest BCUT2D eigenvalue weighted by molar-refractivity contribution is 6.03. The molecule has 0 atom stereocenters. The Labute approximate surface area is 138 Å². The van der Waals surface area contributed by atoms with Crippen molar-refractivity contribution in [2.24, 2.45) is 12.8 Å². The first-order valence-electron chi connectivity index (χ1n) is 7.60. The van der Waals surface area contributed by atoms with Gasteiger partial charge in [0.2, 0.25) is 11.9 Å². The Morgan fingerprint density at radius 2 is 2.08 bits per heavy atom. The number of nitrogens with one attached hydrogen (secondary N) is 1. The van der Waals surface area contributed by atoms with Crippen LogP contribution in [-0.2, 0) is 13.6 Å². The molecular weight excluding hydrogens is 308 g/mol. The molecule has 0 aliphatic heterocycles. The monoisotopic (exact) mass is 326 g/mol. The molecule has 8 nitrogen and oxygen atoms in total. The molecule has 0 unspecified atom stereocenters. The number of rotatable bonds is 5. The number of aryl methyl sites for hydroxylation is 2. The molecule has 0 spiro atoms. The SMILES string of the molecule is CCCn1c(NC(=O)c2ccnn2C)nc2cc(C(N)=O)ccc21. The van der Waals surface area contributed by atoms with Gasteiger partial charge in [0, 0.05) is 25.4 Å². The van der Waals surface area contributed by atoms with Crippen molar-refractivity contribution in [3.8, 4) is 0 Å². The third-order valence-corrected chi connectivity index (χ3v) is 3.76. The molecule has 1 aromatic carbocycles. The number of hydrogen-bond donors (Lipinski definition) is 2. The molecule has 3 rings (SSSR count). The van der Waals surface area contributed by atoms with Gasteiger partial charge in [0.15, 0.2) is 0 Å². The van der Waals surface area contributed by atoms with Crippen LogP contribution in [0.25, 0.3) is 11.0 Å². The fourth-order valence-corrected chi connectivity index (χ4v) is 2.59. The molecule has 0 aliphatic rings. The van der Waals surface area contributed by atoms with E-state index in [2.05, 4.69) is 15.4 Å². The Morgan fingerprint density at radius 1 is 1.29 bits per heavy atom. The van der Waals surface area contributed by atoms with E-state index in [9.17, 15) is 9.59 Å². The number of carbonyl (C=O) groups excluding carboxylic acids is 2. The lowest BCUT2D eigenvalue weighted by atomic mass is 10.2. The number of primary amides is 1. The average Bonchev–Trinajstić information content (AvgIpc) is 3.11. The minimum Gasteiger partial charge on any atom is -0.366 e. The molecule has 2 aromatic heterocycles. The summed E-state index contributed by atoms with van der Waals surface area (Å²) in [5.41, 5.74) is 7.58. The standard InChI is InChI=1S/C16H18N6O2/c1-3-8-22-12-5-4-10(14(17)23)9-11(12)19-16(22)20-15(24)13-6-7-18-21(13)2/h4-7,9H,3,8H2,1-2H3,(H2,17,23)(H,19,20,24). The van der Waals surface area contributed by atoms with Crippen LogP contribution in [0.4, 0.5) is 5.95 Å². The number of aromatic nitrogens is 4. The van der Waals surface area contributed by atoms with E-state index in [4.69, 9.17) is 5.73 Å². The summed E-state index contributed by atoms with van der Waals surface area (Å²) in [7, 11) is 1.70. The Balaban J connectivity index is 2.02. The highest BCUT2D eigenvalue weighted by atomic mass is 16.2. The van der Waals surface area contributed by atoms with E-state index in [0.717, 1.165) is 11.9 Å². The van der Waals surface area contributed by atoms with E-state index in [1.54, 1.807) is 37.5 Å². The van der Waals surface area contributed by atoms with E-state index in [1.165, 1.54) is 4.68 Å². The van der Waals surface area contributed by atoms with E-state index in [-0.39, 0.29) is 5.91 Å². The van der Waals surface area contributed by atoms with Gasteiger partial charge in [-0.3, -0.25) is 19.6 Å². The number of nitrogens with two attached hydrogens (primary N) is 1. The van der Waals surface area contributed by atoms with Crippen LogP contribution in [0.2, 0.25) is 0 Å². The van der Waals surface area contributed by atoms with Crippen molar-refractivity contribution in [3.63, 3.8) is 0 Å². The van der Waals surface area contributed by atoms with Crippen molar-refractivity contribution in [2.45, 2.75) is 19.9 Å². The van der Waals surface area contributed by atoms with Crippen LogP contribution < -0.4 is 11.1 Å². The van der Waals surface area contributed by atoms with Crippen LogP contribution in [0.3, 0.4) is 0 Å². The molecule has 124 valence electrons. The largest absolute Gasteiger partial charge is 0.366 e. The van der Waals surface area contributed by atoms with Gasteiger partial charge in [-0.2, -0.15) is 5.10 Å². The molecular formula is C16H18N6O2. The van der Waals surface area contributed by atoms with Gasteiger partial charge in [-0.05, 0) is 30.7 Å². The molecule has 0 bridgehead atoms. The van der Waals surface area contributed by atoms with E-state index in [0.29, 0.717) is 29.3 Å². The smallest absolute Gasteiger partial charge is 0.276 e. The first kappa shape index (κ1) is 15.7. The summed E-state index contributed by atoms with van der Waals surface area (Å²) in [6, 6.07) is 6.71. The molecule has 3 N–H and O–H groups in total. The third kappa shape index (κ3) is 2.73. The highest BCUT2D eigenvalue weighted by Gasteiger charge is 2.16. The van der Waals surface area contributed by atoms with Crippen molar-refractivity contribution >= 4 is 28.8 Å². The second kappa shape index (κ2) is 6.15. The Bertz CT molecular complexity index is 924. The van der Waals surface area contributed by atoms with Crippen LogP contribution in [0.15, 0.2) is 30.5 Å². The zero-order valence-corrected chi connectivity index (χ0v) is 13.5. The molecule has 0 aliphatic carbocycles. The third-order valence-electron chi connectivity index (χ3n) is 3.76. The maximum absolute atomic E-state index is 12.4. The Hall–Kier alpha value is -3.16. The van der Waals surface area contributed by atoms with E-state index in [1.807, 2.05) is 11.5 Å². The quantitative estimate of drug-likeness (QED) is 0.741. The van der Waals surface area contributed by atoms with Gasteiger partial charge >= 0.3 is 0 Å². The maximum atomic E-state index is 12.4. The van der Waals surface area contributed by atoms with Crippen LogP contribution in [0, 0.1) is 0 Å². The predicted molar refractivity (Wildman–Crippen MR) is 89.7 cm³/mol. The second-order valence-electron chi connectivity index (χ2n) is 5.45. The van der Waals surface area contributed by atoms with Gasteiger partial charge < -0.3 is 10.3 Å². The van der Waals surface area contributed by atoms with Gasteiger partial charge in [0.1, 0.15) is 5.69 Å². The lowest BCUT2D eigenvalue weighted by molar-refractivity contribution is 0.0996. The molecule has 0 fully saturated rings. The summed E-state index contributed by atoms with van der Waals surface area (Å²) in [5, 5.41) is 6.80. The van der Waals surface area contributed by atoms with Gasteiger partial charge in [-0.1, -0.05) is 6.92 Å². The maximum Gasteiger partial charge on any atom is 0.276 e. The molecule has 0 saturated heterocycles. The molecule has 0 saturated carbocycles. The number of fused-ring (bicyclic) bond motifs is 1. The summed E-state index contributed by atoms with van der Waals surface area (Å²) in [4.78, 5) is 28.2. The van der Waals surface area contributed by atoms with Gasteiger partial charge in [0.25, 0.3) is 5.91 Å².